The molecule has 136 valence electrons. The predicted octanol–water partition coefficient (Wildman–Crippen LogP) is 2.72. The lowest BCUT2D eigenvalue weighted by atomic mass is 9.98. The molecule has 2 aliphatic rings. The molecule has 2 fully saturated rings. The summed E-state index contributed by atoms with van der Waals surface area (Å²) in [6, 6.07) is 7.79. The zero-order chi connectivity index (χ0) is 18.1. The van der Waals surface area contributed by atoms with E-state index in [-0.39, 0.29) is 23.0 Å². The van der Waals surface area contributed by atoms with E-state index in [0.717, 1.165) is 0 Å². The molecule has 0 radical (unpaired) electrons. The van der Waals surface area contributed by atoms with E-state index in [1.54, 1.807) is 23.1 Å². The van der Waals surface area contributed by atoms with Gasteiger partial charge >= 0.3 is 0 Å². The van der Waals surface area contributed by atoms with Gasteiger partial charge in [0.05, 0.1) is 18.8 Å². The normalized spacial score (nSPS) is 25.0. The molecule has 0 aliphatic carbocycles. The summed E-state index contributed by atoms with van der Waals surface area (Å²) in [4.78, 5) is 22.3. The first-order valence-electron chi connectivity index (χ1n) is 8.38. The number of aromatic nitrogens is 2. The average Bonchev–Trinajstić information content (AvgIpc) is 3.23. The summed E-state index contributed by atoms with van der Waals surface area (Å²) >= 11 is 5.87. The molecule has 2 atom stereocenters. The van der Waals surface area contributed by atoms with E-state index < -0.39 is 11.4 Å². The molecule has 0 bridgehead atoms. The van der Waals surface area contributed by atoms with Gasteiger partial charge in [0.25, 0.3) is 11.8 Å². The predicted molar refractivity (Wildman–Crippen MR) is 91.7 cm³/mol. The highest BCUT2D eigenvalue weighted by molar-refractivity contribution is 6.29. The average molecular weight is 378 g/mol. The fourth-order valence-electron chi connectivity index (χ4n) is 3.49. The largest absolute Gasteiger partial charge is 0.470 e. The van der Waals surface area contributed by atoms with Gasteiger partial charge in [-0.1, -0.05) is 17.7 Å². The molecule has 2 aromatic rings. The lowest BCUT2D eigenvalue weighted by Crippen LogP contribution is -2.36. The van der Waals surface area contributed by atoms with E-state index in [0.29, 0.717) is 38.2 Å². The van der Waals surface area contributed by atoms with Crippen LogP contribution in [0.15, 0.2) is 36.5 Å². The molecule has 8 heteroatoms. The Hall–Kier alpha value is -2.25. The van der Waals surface area contributed by atoms with E-state index in [1.807, 2.05) is 0 Å². The number of carbonyl (C=O) groups excluding carboxylic acids is 1. The highest BCUT2D eigenvalue weighted by atomic mass is 35.5. The summed E-state index contributed by atoms with van der Waals surface area (Å²) in [5.41, 5.74) is -0.152. The highest BCUT2D eigenvalue weighted by Crippen LogP contribution is 2.37. The number of hydrogen-bond acceptors (Lipinski definition) is 5. The van der Waals surface area contributed by atoms with Gasteiger partial charge in [-0.05, 0) is 30.7 Å². The van der Waals surface area contributed by atoms with Crippen LogP contribution in [0.25, 0.3) is 0 Å². The molecule has 0 N–H and O–H groups in total. The van der Waals surface area contributed by atoms with Crippen molar-refractivity contribution in [3.8, 4) is 5.88 Å². The monoisotopic (exact) mass is 377 g/mol. The third kappa shape index (κ3) is 3.37. The number of ether oxygens (including phenoxy) is 2. The van der Waals surface area contributed by atoms with Crippen molar-refractivity contribution in [1.82, 2.24) is 14.9 Å². The van der Waals surface area contributed by atoms with Crippen LogP contribution >= 0.6 is 11.6 Å². The standard InChI is InChI=1S/C18H17ClFN3O3/c19-15-5-1-4-14(22-15)17(24)23-8-6-18(11-23)9-12(10-25-18)26-16-13(20)3-2-7-21-16/h1-5,7,12H,6,8-11H2/t12-,18+/m1/s1. The van der Waals surface area contributed by atoms with Crippen LogP contribution in [0.3, 0.4) is 0 Å². The van der Waals surface area contributed by atoms with Gasteiger partial charge in [-0.15, -0.1) is 0 Å². The third-order valence-corrected chi connectivity index (χ3v) is 4.93. The molecule has 1 amide bonds. The van der Waals surface area contributed by atoms with E-state index in [9.17, 15) is 9.18 Å². The Bertz CT molecular complexity index is 837. The zero-order valence-corrected chi connectivity index (χ0v) is 14.7. The Balaban J connectivity index is 1.40. The van der Waals surface area contributed by atoms with E-state index in [1.165, 1.54) is 18.3 Å². The second-order valence-electron chi connectivity index (χ2n) is 6.55. The van der Waals surface area contributed by atoms with Gasteiger partial charge in [0.1, 0.15) is 17.0 Å². The molecular formula is C18H17ClFN3O3. The Morgan fingerprint density at radius 2 is 2.27 bits per heavy atom. The van der Waals surface area contributed by atoms with Gasteiger partial charge in [0.15, 0.2) is 5.82 Å². The van der Waals surface area contributed by atoms with Crippen LogP contribution in [0, 0.1) is 5.82 Å². The smallest absolute Gasteiger partial charge is 0.272 e. The number of pyridine rings is 2. The second-order valence-corrected chi connectivity index (χ2v) is 6.94. The molecule has 4 heterocycles. The van der Waals surface area contributed by atoms with E-state index in [4.69, 9.17) is 21.1 Å². The first-order valence-corrected chi connectivity index (χ1v) is 8.75. The number of amides is 1. The number of halogens is 2. The van der Waals surface area contributed by atoms with Gasteiger partial charge in [-0.3, -0.25) is 4.79 Å². The maximum atomic E-state index is 13.7. The molecule has 6 nitrogen and oxygen atoms in total. The fraction of sp³-hybridized carbons (Fsp3) is 0.389. The first-order chi connectivity index (χ1) is 12.5. The summed E-state index contributed by atoms with van der Waals surface area (Å²) < 4.78 is 25.3. The van der Waals surface area contributed by atoms with E-state index in [2.05, 4.69) is 9.97 Å². The van der Waals surface area contributed by atoms with Crippen molar-refractivity contribution in [2.24, 2.45) is 0 Å². The molecule has 1 spiro atoms. The summed E-state index contributed by atoms with van der Waals surface area (Å²) in [6.07, 6.45) is 2.47. The Morgan fingerprint density at radius 3 is 3.08 bits per heavy atom. The highest BCUT2D eigenvalue weighted by Gasteiger charge is 2.48. The third-order valence-electron chi connectivity index (χ3n) is 4.72. The van der Waals surface area contributed by atoms with Crippen molar-refractivity contribution in [3.63, 3.8) is 0 Å². The molecule has 26 heavy (non-hydrogen) atoms. The van der Waals surface area contributed by atoms with Crippen LogP contribution in [-0.2, 0) is 4.74 Å². The van der Waals surface area contributed by atoms with Crippen molar-refractivity contribution in [3.05, 3.63) is 53.2 Å². The maximum Gasteiger partial charge on any atom is 0.272 e. The van der Waals surface area contributed by atoms with Crippen molar-refractivity contribution >= 4 is 17.5 Å². The molecule has 2 saturated heterocycles. The molecule has 0 aromatic carbocycles. The van der Waals surface area contributed by atoms with Gasteiger partial charge in [-0.2, -0.15) is 0 Å². The second kappa shape index (κ2) is 6.81. The Labute approximate surface area is 154 Å². The van der Waals surface area contributed by atoms with Gasteiger partial charge in [0.2, 0.25) is 0 Å². The topological polar surface area (TPSA) is 64.6 Å². The molecule has 2 aliphatic heterocycles. The minimum absolute atomic E-state index is 0.0211. The molecule has 0 unspecified atom stereocenters. The van der Waals surface area contributed by atoms with Crippen LogP contribution < -0.4 is 4.74 Å². The minimum Gasteiger partial charge on any atom is -0.470 e. The number of rotatable bonds is 3. The van der Waals surface area contributed by atoms with Crippen LogP contribution in [0.1, 0.15) is 23.3 Å². The van der Waals surface area contributed by atoms with Crippen molar-refractivity contribution in [2.45, 2.75) is 24.5 Å². The van der Waals surface area contributed by atoms with Crippen LogP contribution in [-0.4, -0.2) is 52.2 Å². The molecular weight excluding hydrogens is 361 g/mol. The number of carbonyl (C=O) groups is 1. The van der Waals surface area contributed by atoms with Gasteiger partial charge in [0, 0.05) is 19.2 Å². The Morgan fingerprint density at radius 1 is 1.38 bits per heavy atom. The SMILES string of the molecule is O=C(c1cccc(Cl)n1)N1CC[C@]2(C[C@@H](Oc3ncccc3F)CO2)C1. The summed E-state index contributed by atoms with van der Waals surface area (Å²) in [5, 5.41) is 0.285. The van der Waals surface area contributed by atoms with Crippen LogP contribution in [0.5, 0.6) is 5.88 Å². The van der Waals surface area contributed by atoms with Crippen molar-refractivity contribution < 1.29 is 18.7 Å². The number of hydrogen-bond donors (Lipinski definition) is 0. The summed E-state index contributed by atoms with van der Waals surface area (Å²) in [7, 11) is 0. The minimum atomic E-state index is -0.497. The van der Waals surface area contributed by atoms with E-state index >= 15 is 0 Å². The summed E-state index contributed by atoms with van der Waals surface area (Å²) in [5.74, 6) is -0.691. The van der Waals surface area contributed by atoms with Crippen molar-refractivity contribution in [2.75, 3.05) is 19.7 Å². The maximum absolute atomic E-state index is 13.7. The number of likely N-dealkylation sites (tertiary alicyclic amines) is 1. The quantitative estimate of drug-likeness (QED) is 0.769. The van der Waals surface area contributed by atoms with Gasteiger partial charge < -0.3 is 14.4 Å². The van der Waals surface area contributed by atoms with Crippen molar-refractivity contribution in [1.29, 1.82) is 0 Å². The molecule has 0 saturated carbocycles. The zero-order valence-electron chi connectivity index (χ0n) is 13.9. The lowest BCUT2D eigenvalue weighted by Gasteiger charge is -2.23. The molecule has 2 aromatic heterocycles. The lowest BCUT2D eigenvalue weighted by molar-refractivity contribution is 0.00970. The Kier molecular flexibility index (Phi) is 4.50. The summed E-state index contributed by atoms with van der Waals surface area (Å²) in [6.45, 7) is 1.36. The molecule has 4 rings (SSSR count). The van der Waals surface area contributed by atoms with Gasteiger partial charge in [-0.25, -0.2) is 14.4 Å². The van der Waals surface area contributed by atoms with Crippen LogP contribution in [0.4, 0.5) is 4.39 Å². The van der Waals surface area contributed by atoms with Crippen LogP contribution in [0.2, 0.25) is 5.15 Å². The first kappa shape index (κ1) is 17.2. The fourth-order valence-corrected chi connectivity index (χ4v) is 3.65. The number of nitrogens with zero attached hydrogens (tertiary/aromatic N) is 3.